The Labute approximate surface area is 87.9 Å². The molecule has 1 aliphatic rings. The first-order valence-corrected chi connectivity index (χ1v) is 4.93. The minimum absolute atomic E-state index is 0.310. The third-order valence-corrected chi connectivity index (χ3v) is 2.85. The van der Waals surface area contributed by atoms with Crippen molar-refractivity contribution in [2.24, 2.45) is 5.41 Å². The average molecular weight is 207 g/mol. The van der Waals surface area contributed by atoms with Crippen molar-refractivity contribution in [3.8, 4) is 0 Å². The molecule has 1 saturated heterocycles. The van der Waals surface area contributed by atoms with Gasteiger partial charge in [0.2, 0.25) is 0 Å². The first kappa shape index (κ1) is 10.1. The molecule has 2 rings (SSSR count). The van der Waals surface area contributed by atoms with Crippen LogP contribution in [0.1, 0.15) is 12.0 Å². The number of aromatic nitrogens is 1. The van der Waals surface area contributed by atoms with Crippen molar-refractivity contribution in [3.63, 3.8) is 0 Å². The van der Waals surface area contributed by atoms with E-state index in [1.165, 1.54) is 0 Å². The van der Waals surface area contributed by atoms with Crippen LogP contribution in [0.5, 0.6) is 0 Å². The highest BCUT2D eigenvalue weighted by Gasteiger charge is 2.42. The van der Waals surface area contributed by atoms with Crippen LogP contribution in [-0.4, -0.2) is 29.3 Å². The number of nitrogens with zero attached hydrogens (tertiary/aromatic N) is 1. The minimum atomic E-state index is -0.767. The fourth-order valence-corrected chi connectivity index (χ4v) is 1.88. The Hall–Kier alpha value is -1.42. The predicted molar refractivity (Wildman–Crippen MR) is 53.4 cm³/mol. The third kappa shape index (κ3) is 1.99. The van der Waals surface area contributed by atoms with Crippen molar-refractivity contribution >= 4 is 5.97 Å². The van der Waals surface area contributed by atoms with E-state index in [4.69, 9.17) is 4.74 Å². The Kier molecular flexibility index (Phi) is 2.68. The van der Waals surface area contributed by atoms with Crippen molar-refractivity contribution in [3.05, 3.63) is 30.1 Å². The zero-order chi connectivity index (χ0) is 10.7. The summed E-state index contributed by atoms with van der Waals surface area (Å²) in [6.07, 6.45) is 4.47. The average Bonchev–Trinajstić information content (AvgIpc) is 2.69. The lowest BCUT2D eigenvalue weighted by molar-refractivity contribution is -0.148. The van der Waals surface area contributed by atoms with Gasteiger partial charge in [0.25, 0.3) is 0 Å². The molecular formula is C11H13NO3. The summed E-state index contributed by atoms with van der Waals surface area (Å²) in [7, 11) is 0. The van der Waals surface area contributed by atoms with Gasteiger partial charge in [0, 0.05) is 19.0 Å². The van der Waals surface area contributed by atoms with Gasteiger partial charge in [-0.05, 0) is 30.5 Å². The molecular weight excluding hydrogens is 194 g/mol. The second-order valence-electron chi connectivity index (χ2n) is 3.92. The molecule has 80 valence electrons. The van der Waals surface area contributed by atoms with Crippen LogP contribution in [0.4, 0.5) is 0 Å². The maximum Gasteiger partial charge on any atom is 0.312 e. The third-order valence-electron chi connectivity index (χ3n) is 2.85. The van der Waals surface area contributed by atoms with Crippen LogP contribution in [0, 0.1) is 5.41 Å². The molecule has 0 bridgehead atoms. The molecule has 1 unspecified atom stereocenters. The summed E-state index contributed by atoms with van der Waals surface area (Å²) in [5, 5.41) is 9.23. The summed E-state index contributed by atoms with van der Waals surface area (Å²) >= 11 is 0. The first-order chi connectivity index (χ1) is 7.23. The van der Waals surface area contributed by atoms with Gasteiger partial charge in [0.1, 0.15) is 0 Å². The van der Waals surface area contributed by atoms with E-state index in [1.807, 2.05) is 12.1 Å². The quantitative estimate of drug-likeness (QED) is 0.806. The van der Waals surface area contributed by atoms with Crippen LogP contribution < -0.4 is 0 Å². The Morgan fingerprint density at radius 2 is 2.27 bits per heavy atom. The van der Waals surface area contributed by atoms with Crippen LogP contribution in [0.25, 0.3) is 0 Å². The highest BCUT2D eigenvalue weighted by Crippen LogP contribution is 2.32. The Morgan fingerprint density at radius 3 is 2.80 bits per heavy atom. The number of carboxylic acids is 1. The second kappa shape index (κ2) is 3.98. The number of ether oxygens (including phenoxy) is 1. The van der Waals surface area contributed by atoms with Gasteiger partial charge in [-0.3, -0.25) is 9.78 Å². The maximum atomic E-state index is 11.2. The molecule has 1 N–H and O–H groups in total. The van der Waals surface area contributed by atoms with Gasteiger partial charge in [-0.2, -0.15) is 0 Å². The van der Waals surface area contributed by atoms with Crippen molar-refractivity contribution in [2.75, 3.05) is 13.2 Å². The minimum Gasteiger partial charge on any atom is -0.481 e. The SMILES string of the molecule is O=C(O)C1(Cc2ccncc2)CCOC1. The highest BCUT2D eigenvalue weighted by atomic mass is 16.5. The first-order valence-electron chi connectivity index (χ1n) is 4.93. The van der Waals surface area contributed by atoms with Crippen LogP contribution in [-0.2, 0) is 16.0 Å². The molecule has 4 heteroatoms. The smallest absolute Gasteiger partial charge is 0.312 e. The molecule has 1 atom stereocenters. The van der Waals surface area contributed by atoms with Gasteiger partial charge < -0.3 is 9.84 Å². The van der Waals surface area contributed by atoms with Crippen LogP contribution in [0.3, 0.4) is 0 Å². The van der Waals surface area contributed by atoms with E-state index < -0.39 is 11.4 Å². The summed E-state index contributed by atoms with van der Waals surface area (Å²) in [4.78, 5) is 15.1. The Morgan fingerprint density at radius 1 is 1.53 bits per heavy atom. The number of carboxylic acid groups (broad SMARTS) is 1. The zero-order valence-electron chi connectivity index (χ0n) is 8.35. The Balaban J connectivity index is 2.18. The fourth-order valence-electron chi connectivity index (χ4n) is 1.88. The fraction of sp³-hybridized carbons (Fsp3) is 0.455. The number of hydrogen-bond acceptors (Lipinski definition) is 3. The molecule has 0 amide bonds. The lowest BCUT2D eigenvalue weighted by Crippen LogP contribution is -2.33. The molecule has 1 aromatic rings. The molecule has 1 aromatic heterocycles. The normalized spacial score (nSPS) is 25.3. The van der Waals surface area contributed by atoms with E-state index in [9.17, 15) is 9.90 Å². The van der Waals surface area contributed by atoms with Crippen molar-refractivity contribution < 1.29 is 14.6 Å². The number of hydrogen-bond donors (Lipinski definition) is 1. The standard InChI is InChI=1S/C11H13NO3/c13-10(14)11(3-6-15-8-11)7-9-1-4-12-5-2-9/h1-2,4-5H,3,6-8H2,(H,13,14). The predicted octanol–water partition coefficient (Wildman–Crippen LogP) is 1.12. The summed E-state index contributed by atoms with van der Waals surface area (Å²) in [6, 6.07) is 3.70. The molecule has 1 aliphatic heterocycles. The largest absolute Gasteiger partial charge is 0.481 e. The van der Waals surface area contributed by atoms with Gasteiger partial charge in [0.15, 0.2) is 0 Å². The van der Waals surface area contributed by atoms with E-state index >= 15 is 0 Å². The molecule has 0 aromatic carbocycles. The van der Waals surface area contributed by atoms with Crippen molar-refractivity contribution in [1.29, 1.82) is 0 Å². The summed E-state index contributed by atoms with van der Waals surface area (Å²) < 4.78 is 5.20. The Bertz CT molecular complexity index is 344. The van der Waals surface area contributed by atoms with Gasteiger partial charge in [-0.1, -0.05) is 0 Å². The summed E-state index contributed by atoms with van der Waals surface area (Å²) in [5.41, 5.74) is 0.263. The lowest BCUT2D eigenvalue weighted by atomic mass is 9.81. The topological polar surface area (TPSA) is 59.4 Å². The molecule has 2 heterocycles. The lowest BCUT2D eigenvalue weighted by Gasteiger charge is -2.21. The van der Waals surface area contributed by atoms with Gasteiger partial charge >= 0.3 is 5.97 Å². The molecule has 0 spiro atoms. The molecule has 0 radical (unpaired) electrons. The van der Waals surface area contributed by atoms with Gasteiger partial charge in [0.05, 0.1) is 12.0 Å². The maximum absolute atomic E-state index is 11.2. The molecule has 1 fully saturated rings. The number of aliphatic carboxylic acids is 1. The van der Waals surface area contributed by atoms with Crippen LogP contribution >= 0.6 is 0 Å². The molecule has 4 nitrogen and oxygen atoms in total. The van der Waals surface area contributed by atoms with E-state index in [0.29, 0.717) is 26.1 Å². The van der Waals surface area contributed by atoms with E-state index in [1.54, 1.807) is 12.4 Å². The number of carbonyl (C=O) groups is 1. The zero-order valence-corrected chi connectivity index (χ0v) is 8.35. The molecule has 15 heavy (non-hydrogen) atoms. The van der Waals surface area contributed by atoms with E-state index in [0.717, 1.165) is 5.56 Å². The molecule has 0 aliphatic carbocycles. The number of pyridine rings is 1. The summed E-state index contributed by atoms with van der Waals surface area (Å²) in [5.74, 6) is -0.767. The van der Waals surface area contributed by atoms with Crippen molar-refractivity contribution in [1.82, 2.24) is 4.98 Å². The molecule has 0 saturated carbocycles. The van der Waals surface area contributed by atoms with Crippen LogP contribution in [0.2, 0.25) is 0 Å². The van der Waals surface area contributed by atoms with Gasteiger partial charge in [-0.25, -0.2) is 0 Å². The number of rotatable bonds is 3. The van der Waals surface area contributed by atoms with E-state index in [2.05, 4.69) is 4.98 Å². The monoisotopic (exact) mass is 207 g/mol. The van der Waals surface area contributed by atoms with Gasteiger partial charge in [-0.15, -0.1) is 0 Å². The second-order valence-corrected chi connectivity index (χ2v) is 3.92. The summed E-state index contributed by atoms with van der Waals surface area (Å²) in [6.45, 7) is 0.849. The van der Waals surface area contributed by atoms with E-state index in [-0.39, 0.29) is 0 Å². The highest BCUT2D eigenvalue weighted by molar-refractivity contribution is 5.75. The van der Waals surface area contributed by atoms with Crippen LogP contribution in [0.15, 0.2) is 24.5 Å². The van der Waals surface area contributed by atoms with Crippen molar-refractivity contribution in [2.45, 2.75) is 12.8 Å².